The van der Waals surface area contributed by atoms with E-state index in [1.807, 2.05) is 6.20 Å². The Morgan fingerprint density at radius 2 is 2.07 bits per heavy atom. The third-order valence-corrected chi connectivity index (χ3v) is 2.38. The van der Waals surface area contributed by atoms with Crippen molar-refractivity contribution in [3.63, 3.8) is 0 Å². The summed E-state index contributed by atoms with van der Waals surface area (Å²) in [6.07, 6.45) is 2.87. The van der Waals surface area contributed by atoms with Gasteiger partial charge in [0.25, 0.3) is 0 Å². The molecule has 0 radical (unpaired) electrons. The van der Waals surface area contributed by atoms with Gasteiger partial charge in [0, 0.05) is 18.0 Å². The Hall–Kier alpha value is -1.44. The SMILES string of the molecule is Cc1ccc2nc(CC(C)C)ncc2c1. The Balaban J connectivity index is 2.43. The van der Waals surface area contributed by atoms with Crippen molar-refractivity contribution in [2.24, 2.45) is 5.92 Å². The van der Waals surface area contributed by atoms with Gasteiger partial charge in [-0.2, -0.15) is 0 Å². The summed E-state index contributed by atoms with van der Waals surface area (Å²) < 4.78 is 0. The van der Waals surface area contributed by atoms with Crippen molar-refractivity contribution >= 4 is 10.9 Å². The molecule has 0 aliphatic carbocycles. The van der Waals surface area contributed by atoms with E-state index in [9.17, 15) is 0 Å². The molecule has 78 valence electrons. The van der Waals surface area contributed by atoms with E-state index in [-0.39, 0.29) is 0 Å². The van der Waals surface area contributed by atoms with E-state index in [1.165, 1.54) is 5.56 Å². The Kier molecular flexibility index (Phi) is 2.67. The van der Waals surface area contributed by atoms with E-state index in [0.29, 0.717) is 5.92 Å². The topological polar surface area (TPSA) is 25.8 Å². The minimum absolute atomic E-state index is 0.605. The Bertz CT molecular complexity index is 475. The summed E-state index contributed by atoms with van der Waals surface area (Å²) in [5, 5.41) is 1.13. The van der Waals surface area contributed by atoms with E-state index in [0.717, 1.165) is 23.1 Å². The van der Waals surface area contributed by atoms with Crippen molar-refractivity contribution in [2.75, 3.05) is 0 Å². The fourth-order valence-corrected chi connectivity index (χ4v) is 1.65. The Labute approximate surface area is 90.4 Å². The zero-order chi connectivity index (χ0) is 10.8. The largest absolute Gasteiger partial charge is 0.241 e. The second-order valence-electron chi connectivity index (χ2n) is 4.45. The molecular weight excluding hydrogens is 184 g/mol. The average molecular weight is 200 g/mol. The molecule has 0 N–H and O–H groups in total. The molecular formula is C13H16N2. The number of fused-ring (bicyclic) bond motifs is 1. The van der Waals surface area contributed by atoms with Crippen LogP contribution in [-0.2, 0) is 6.42 Å². The number of rotatable bonds is 2. The lowest BCUT2D eigenvalue weighted by Gasteiger charge is -2.04. The third-order valence-electron chi connectivity index (χ3n) is 2.38. The van der Waals surface area contributed by atoms with Crippen LogP contribution in [0, 0.1) is 12.8 Å². The molecule has 0 aliphatic rings. The third kappa shape index (κ3) is 2.32. The summed E-state index contributed by atoms with van der Waals surface area (Å²) in [6, 6.07) is 6.28. The van der Waals surface area contributed by atoms with Gasteiger partial charge < -0.3 is 0 Å². The van der Waals surface area contributed by atoms with Crippen molar-refractivity contribution in [1.29, 1.82) is 0 Å². The lowest BCUT2D eigenvalue weighted by Crippen LogP contribution is -2.00. The zero-order valence-electron chi connectivity index (χ0n) is 9.49. The van der Waals surface area contributed by atoms with Crippen LogP contribution in [0.3, 0.4) is 0 Å². The number of hydrogen-bond acceptors (Lipinski definition) is 2. The second kappa shape index (κ2) is 3.97. The van der Waals surface area contributed by atoms with Crippen molar-refractivity contribution in [2.45, 2.75) is 27.2 Å². The molecule has 2 heteroatoms. The van der Waals surface area contributed by atoms with Gasteiger partial charge in [0.05, 0.1) is 5.52 Å². The van der Waals surface area contributed by atoms with Gasteiger partial charge in [-0.25, -0.2) is 9.97 Å². The summed E-state index contributed by atoms with van der Waals surface area (Å²) in [4.78, 5) is 8.92. The van der Waals surface area contributed by atoms with Gasteiger partial charge in [-0.15, -0.1) is 0 Å². The summed E-state index contributed by atoms with van der Waals surface area (Å²) in [5.74, 6) is 1.55. The molecule has 0 aliphatic heterocycles. The smallest absolute Gasteiger partial charge is 0.129 e. The highest BCUT2D eigenvalue weighted by molar-refractivity contribution is 5.78. The van der Waals surface area contributed by atoms with E-state index in [2.05, 4.69) is 48.9 Å². The Morgan fingerprint density at radius 1 is 1.27 bits per heavy atom. The van der Waals surface area contributed by atoms with Gasteiger partial charge in [-0.05, 0) is 25.0 Å². The summed E-state index contributed by atoms with van der Waals surface area (Å²) in [6.45, 7) is 6.45. The molecule has 2 aromatic rings. The maximum absolute atomic E-state index is 4.55. The van der Waals surface area contributed by atoms with Crippen molar-refractivity contribution in [3.8, 4) is 0 Å². The normalized spacial score (nSPS) is 11.2. The van der Waals surface area contributed by atoms with E-state index < -0.39 is 0 Å². The van der Waals surface area contributed by atoms with Gasteiger partial charge in [0.1, 0.15) is 5.82 Å². The van der Waals surface area contributed by atoms with Crippen LogP contribution in [0.1, 0.15) is 25.2 Å². The quantitative estimate of drug-likeness (QED) is 0.744. The highest BCUT2D eigenvalue weighted by atomic mass is 14.9. The molecule has 0 amide bonds. The molecule has 1 aromatic heterocycles. The van der Waals surface area contributed by atoms with Crippen LogP contribution >= 0.6 is 0 Å². The van der Waals surface area contributed by atoms with Crippen LogP contribution in [0.4, 0.5) is 0 Å². The summed E-state index contributed by atoms with van der Waals surface area (Å²) in [7, 11) is 0. The standard InChI is InChI=1S/C13H16N2/c1-9(2)6-13-14-8-11-7-10(3)4-5-12(11)15-13/h4-5,7-9H,6H2,1-3H3. The van der Waals surface area contributed by atoms with Crippen LogP contribution in [0.15, 0.2) is 24.4 Å². The maximum atomic E-state index is 4.55. The van der Waals surface area contributed by atoms with Gasteiger partial charge in [-0.3, -0.25) is 0 Å². The fraction of sp³-hybridized carbons (Fsp3) is 0.385. The number of benzene rings is 1. The predicted octanol–water partition coefficient (Wildman–Crippen LogP) is 3.14. The molecule has 2 nitrogen and oxygen atoms in total. The lowest BCUT2D eigenvalue weighted by atomic mass is 10.1. The van der Waals surface area contributed by atoms with Crippen molar-refractivity contribution < 1.29 is 0 Å². The van der Waals surface area contributed by atoms with Crippen molar-refractivity contribution in [3.05, 3.63) is 35.8 Å². The van der Waals surface area contributed by atoms with E-state index >= 15 is 0 Å². The molecule has 0 spiro atoms. The first-order valence-corrected chi connectivity index (χ1v) is 5.37. The molecule has 1 heterocycles. The fourth-order valence-electron chi connectivity index (χ4n) is 1.65. The molecule has 15 heavy (non-hydrogen) atoms. The Morgan fingerprint density at radius 3 is 2.80 bits per heavy atom. The van der Waals surface area contributed by atoms with Crippen molar-refractivity contribution in [1.82, 2.24) is 9.97 Å². The summed E-state index contributed by atoms with van der Waals surface area (Å²) >= 11 is 0. The molecule has 0 fully saturated rings. The van der Waals surface area contributed by atoms with Crippen LogP contribution in [0.5, 0.6) is 0 Å². The lowest BCUT2D eigenvalue weighted by molar-refractivity contribution is 0.623. The number of hydrogen-bond donors (Lipinski definition) is 0. The average Bonchev–Trinajstić information content (AvgIpc) is 2.17. The molecule has 0 bridgehead atoms. The molecule has 1 aromatic carbocycles. The first-order valence-electron chi connectivity index (χ1n) is 5.37. The molecule has 0 unspecified atom stereocenters. The minimum Gasteiger partial charge on any atom is -0.241 e. The van der Waals surface area contributed by atoms with Crippen LogP contribution in [0.25, 0.3) is 10.9 Å². The van der Waals surface area contributed by atoms with Gasteiger partial charge in [-0.1, -0.05) is 25.5 Å². The van der Waals surface area contributed by atoms with Gasteiger partial charge in [0.15, 0.2) is 0 Å². The second-order valence-corrected chi connectivity index (χ2v) is 4.45. The highest BCUT2D eigenvalue weighted by Crippen LogP contribution is 2.13. The van der Waals surface area contributed by atoms with Gasteiger partial charge >= 0.3 is 0 Å². The van der Waals surface area contributed by atoms with E-state index in [1.54, 1.807) is 0 Å². The maximum Gasteiger partial charge on any atom is 0.129 e. The van der Waals surface area contributed by atoms with Crippen LogP contribution < -0.4 is 0 Å². The highest BCUT2D eigenvalue weighted by Gasteiger charge is 2.02. The summed E-state index contributed by atoms with van der Waals surface area (Å²) in [5.41, 5.74) is 2.30. The van der Waals surface area contributed by atoms with Crippen LogP contribution in [-0.4, -0.2) is 9.97 Å². The molecule has 2 rings (SSSR count). The van der Waals surface area contributed by atoms with Crippen LogP contribution in [0.2, 0.25) is 0 Å². The first kappa shape index (κ1) is 10.1. The molecule has 0 saturated heterocycles. The minimum atomic E-state index is 0.605. The number of aryl methyl sites for hydroxylation is 1. The monoisotopic (exact) mass is 200 g/mol. The number of nitrogens with zero attached hydrogens (tertiary/aromatic N) is 2. The molecule has 0 atom stereocenters. The van der Waals surface area contributed by atoms with E-state index in [4.69, 9.17) is 0 Å². The molecule has 0 saturated carbocycles. The zero-order valence-corrected chi connectivity index (χ0v) is 9.49. The number of aromatic nitrogens is 2. The first-order chi connectivity index (χ1) is 7.15. The van der Waals surface area contributed by atoms with Gasteiger partial charge in [0.2, 0.25) is 0 Å². The predicted molar refractivity (Wildman–Crippen MR) is 62.8 cm³/mol.